The van der Waals surface area contributed by atoms with Gasteiger partial charge < -0.3 is 4.42 Å². The van der Waals surface area contributed by atoms with Crippen LogP contribution in [0.15, 0.2) is 217 Å². The van der Waals surface area contributed by atoms with Gasteiger partial charge >= 0.3 is 0 Å². The molecule has 0 N–H and O–H groups in total. The van der Waals surface area contributed by atoms with Crippen molar-refractivity contribution in [1.82, 2.24) is 15.2 Å². The maximum absolute atomic E-state index is 6.39. The molecule has 0 unspecified atom stereocenters. The Morgan fingerprint density at radius 3 is 1.69 bits per heavy atom. The quantitative estimate of drug-likeness (QED) is 0.125. The fourth-order valence-corrected chi connectivity index (χ4v) is 9.18. The lowest BCUT2D eigenvalue weighted by Gasteiger charge is -2.19. The molecule has 61 heavy (non-hydrogen) atoms. The van der Waals surface area contributed by atoms with Crippen molar-refractivity contribution in [3.8, 4) is 67.5 Å². The molecule has 0 radical (unpaired) electrons. The second kappa shape index (κ2) is 14.3. The Bertz CT molecular complexity index is 3630. The molecule has 0 bridgehead atoms. The van der Waals surface area contributed by atoms with Crippen molar-refractivity contribution in [2.24, 2.45) is 0 Å². The maximum atomic E-state index is 6.39. The number of hydrogen-bond acceptors (Lipinski definition) is 4. The summed E-state index contributed by atoms with van der Waals surface area (Å²) in [6.07, 6.45) is 1.85. The summed E-state index contributed by atoms with van der Waals surface area (Å²) in [5.74, 6) is 0.817. The van der Waals surface area contributed by atoms with E-state index in [0.717, 1.165) is 49.7 Å². The Morgan fingerprint density at radius 2 is 0.902 bits per heavy atom. The predicted octanol–water partition coefficient (Wildman–Crippen LogP) is 15.2. The molecule has 0 saturated heterocycles. The predicted molar refractivity (Wildman–Crippen MR) is 252 cm³/mol. The van der Waals surface area contributed by atoms with Crippen molar-refractivity contribution in [3.63, 3.8) is 0 Å². The van der Waals surface area contributed by atoms with Gasteiger partial charge in [-0.25, -0.2) is 0 Å². The van der Waals surface area contributed by atoms with Crippen LogP contribution in [0.5, 0.6) is 0 Å². The minimum absolute atomic E-state index is 0.377. The van der Waals surface area contributed by atoms with Crippen LogP contribution in [0, 0.1) is 0 Å². The average Bonchev–Trinajstić information content (AvgIpc) is 3.83. The van der Waals surface area contributed by atoms with Crippen LogP contribution < -0.4 is 0 Å². The van der Waals surface area contributed by atoms with Gasteiger partial charge in [0.1, 0.15) is 5.69 Å². The zero-order valence-electron chi connectivity index (χ0n) is 33.0. The van der Waals surface area contributed by atoms with Crippen molar-refractivity contribution >= 4 is 53.9 Å². The minimum Gasteiger partial charge on any atom is -0.415 e. The van der Waals surface area contributed by atoms with E-state index < -0.39 is 0 Å². The number of aromatic nitrogens is 3. The molecule has 0 saturated carbocycles. The molecule has 0 atom stereocenters. The van der Waals surface area contributed by atoms with Gasteiger partial charge in [-0.05, 0) is 129 Å². The normalized spacial score (nSPS) is 11.6. The van der Waals surface area contributed by atoms with E-state index >= 15 is 0 Å². The molecule has 10 aromatic carbocycles. The first-order valence-electron chi connectivity index (χ1n) is 20.6. The first kappa shape index (κ1) is 34.8. The van der Waals surface area contributed by atoms with Crippen molar-refractivity contribution in [2.75, 3.05) is 0 Å². The largest absolute Gasteiger partial charge is 0.415 e. The highest BCUT2D eigenvalue weighted by Crippen LogP contribution is 2.46. The van der Waals surface area contributed by atoms with Crippen molar-refractivity contribution in [1.29, 1.82) is 0 Å². The van der Waals surface area contributed by atoms with E-state index in [2.05, 4.69) is 186 Å². The molecule has 0 aliphatic heterocycles. The minimum atomic E-state index is 0.377. The Hall–Kier alpha value is -8.21. The van der Waals surface area contributed by atoms with Crippen molar-refractivity contribution in [2.45, 2.75) is 0 Å². The average molecular weight is 778 g/mol. The fourth-order valence-electron chi connectivity index (χ4n) is 9.18. The standard InChI is InChI=1S/C57H35N3O/c1-3-13-36(14-4-1)44-27-30-53(58-35-44)57-60-59-56(61-57)43-26-29-50-52(34-43)55(49-22-10-9-21-48(49)54(50)37-15-5-2-6-16-37)42-20-11-19-40(32-42)45-23-12-24-46-47(45)28-25-41-31-38-17-7-8-18-39(38)33-51(41)46/h1-35H. The van der Waals surface area contributed by atoms with Crippen molar-refractivity contribution < 1.29 is 4.42 Å². The van der Waals surface area contributed by atoms with Gasteiger partial charge in [0.15, 0.2) is 0 Å². The maximum Gasteiger partial charge on any atom is 0.266 e. The van der Waals surface area contributed by atoms with E-state index in [1.807, 2.05) is 36.5 Å². The highest BCUT2D eigenvalue weighted by atomic mass is 16.4. The van der Waals surface area contributed by atoms with Crippen LogP contribution in [0.1, 0.15) is 0 Å². The molecule has 0 spiro atoms. The van der Waals surface area contributed by atoms with E-state index in [9.17, 15) is 0 Å². The molecular formula is C57H35N3O. The Kier molecular flexibility index (Phi) is 8.13. The summed E-state index contributed by atoms with van der Waals surface area (Å²) in [4.78, 5) is 4.70. The first-order chi connectivity index (χ1) is 30.2. The zero-order valence-corrected chi connectivity index (χ0v) is 33.0. The summed E-state index contributed by atoms with van der Waals surface area (Å²) in [5.41, 5.74) is 10.6. The third-order valence-electron chi connectivity index (χ3n) is 12.1. The second-order valence-corrected chi connectivity index (χ2v) is 15.6. The lowest BCUT2D eigenvalue weighted by atomic mass is 9.84. The molecular weight excluding hydrogens is 743 g/mol. The first-order valence-corrected chi connectivity index (χ1v) is 20.6. The molecule has 2 heterocycles. The molecule has 12 rings (SSSR count). The number of rotatable bonds is 6. The van der Waals surface area contributed by atoms with Gasteiger partial charge in [0.2, 0.25) is 5.89 Å². The topological polar surface area (TPSA) is 51.8 Å². The zero-order chi connectivity index (χ0) is 40.3. The van der Waals surface area contributed by atoms with E-state index in [-0.39, 0.29) is 0 Å². The van der Waals surface area contributed by atoms with Gasteiger partial charge in [0.05, 0.1) is 0 Å². The van der Waals surface area contributed by atoms with Gasteiger partial charge in [0.25, 0.3) is 5.89 Å². The van der Waals surface area contributed by atoms with Gasteiger partial charge in [0, 0.05) is 17.3 Å². The molecule has 2 aromatic heterocycles. The van der Waals surface area contributed by atoms with Crippen LogP contribution in [0.3, 0.4) is 0 Å². The van der Waals surface area contributed by atoms with E-state index in [0.29, 0.717) is 17.5 Å². The lowest BCUT2D eigenvalue weighted by molar-refractivity contribution is 0.582. The highest BCUT2D eigenvalue weighted by Gasteiger charge is 2.20. The molecule has 4 nitrogen and oxygen atoms in total. The van der Waals surface area contributed by atoms with Gasteiger partial charge in [-0.1, -0.05) is 170 Å². The van der Waals surface area contributed by atoms with Crippen LogP contribution in [0.4, 0.5) is 0 Å². The molecule has 0 aliphatic carbocycles. The van der Waals surface area contributed by atoms with E-state index in [1.54, 1.807) is 0 Å². The van der Waals surface area contributed by atoms with Crippen LogP contribution in [0.2, 0.25) is 0 Å². The third-order valence-corrected chi connectivity index (χ3v) is 12.1. The third kappa shape index (κ3) is 5.96. The summed E-state index contributed by atoms with van der Waals surface area (Å²) in [6.45, 7) is 0. The lowest BCUT2D eigenvalue weighted by Crippen LogP contribution is -1.92. The molecule has 284 valence electrons. The van der Waals surface area contributed by atoms with Gasteiger partial charge in [-0.2, -0.15) is 0 Å². The molecule has 4 heteroatoms. The summed E-state index contributed by atoms with van der Waals surface area (Å²) in [7, 11) is 0. The monoisotopic (exact) mass is 777 g/mol. The number of fused-ring (bicyclic) bond motifs is 6. The highest BCUT2D eigenvalue weighted by molar-refractivity contribution is 6.22. The molecule has 0 amide bonds. The number of pyridine rings is 1. The Labute approximate surface area is 352 Å². The molecule has 0 aliphatic rings. The van der Waals surface area contributed by atoms with E-state index in [1.165, 1.54) is 54.2 Å². The number of benzene rings is 10. The molecule has 0 fully saturated rings. The summed E-state index contributed by atoms with van der Waals surface area (Å²) in [5, 5.41) is 21.1. The number of nitrogens with zero attached hydrogens (tertiary/aromatic N) is 3. The van der Waals surface area contributed by atoms with Crippen molar-refractivity contribution in [3.05, 3.63) is 212 Å². The Balaban J connectivity index is 1.03. The number of hydrogen-bond donors (Lipinski definition) is 0. The SMILES string of the molecule is c1ccc(-c2ccc(-c3nnc(-c4ccc5c(-c6ccccc6)c6ccccc6c(-c6cccc(-c7cccc8c7ccc7cc9ccccc9cc78)c6)c5c4)o3)nc2)cc1. The van der Waals surface area contributed by atoms with Crippen LogP contribution in [-0.2, 0) is 0 Å². The summed E-state index contributed by atoms with van der Waals surface area (Å²) < 4.78 is 6.39. The second-order valence-electron chi connectivity index (χ2n) is 15.6. The van der Waals surface area contributed by atoms with Crippen LogP contribution >= 0.6 is 0 Å². The van der Waals surface area contributed by atoms with Gasteiger partial charge in [-0.15, -0.1) is 10.2 Å². The Morgan fingerprint density at radius 1 is 0.295 bits per heavy atom. The van der Waals surface area contributed by atoms with E-state index in [4.69, 9.17) is 9.40 Å². The summed E-state index contributed by atoms with van der Waals surface area (Å²) in [6, 6.07) is 73.7. The smallest absolute Gasteiger partial charge is 0.266 e. The fraction of sp³-hybridized carbons (Fsp3) is 0. The van der Waals surface area contributed by atoms with Crippen LogP contribution in [-0.4, -0.2) is 15.2 Å². The summed E-state index contributed by atoms with van der Waals surface area (Å²) >= 11 is 0. The molecule has 12 aromatic rings. The van der Waals surface area contributed by atoms with Crippen LogP contribution in [0.25, 0.3) is 121 Å². The van der Waals surface area contributed by atoms with Gasteiger partial charge in [-0.3, -0.25) is 4.98 Å².